The van der Waals surface area contributed by atoms with Gasteiger partial charge < -0.3 is 4.90 Å². The van der Waals surface area contributed by atoms with Gasteiger partial charge in [0, 0.05) is 12.6 Å². The van der Waals surface area contributed by atoms with Crippen molar-refractivity contribution in [3.8, 4) is 0 Å². The molecule has 2 nitrogen and oxygen atoms in total. The highest BCUT2D eigenvalue weighted by atomic mass is 16.2. The van der Waals surface area contributed by atoms with Gasteiger partial charge in [-0.1, -0.05) is 42.0 Å². The van der Waals surface area contributed by atoms with E-state index in [1.165, 1.54) is 17.6 Å². The SMILES string of the molecule is C[C@H]1C=C2CCCC2C(=O)N1Cc1ccccc1. The van der Waals surface area contributed by atoms with Crippen molar-refractivity contribution in [2.24, 2.45) is 5.92 Å². The van der Waals surface area contributed by atoms with Crippen LogP contribution in [0.3, 0.4) is 0 Å². The smallest absolute Gasteiger partial charge is 0.230 e. The molecule has 94 valence electrons. The van der Waals surface area contributed by atoms with Gasteiger partial charge in [-0.25, -0.2) is 0 Å². The molecule has 1 heterocycles. The Labute approximate surface area is 108 Å². The quantitative estimate of drug-likeness (QED) is 0.728. The van der Waals surface area contributed by atoms with Gasteiger partial charge in [0.15, 0.2) is 0 Å². The monoisotopic (exact) mass is 241 g/mol. The van der Waals surface area contributed by atoms with E-state index in [1.54, 1.807) is 0 Å². The molecule has 1 aromatic rings. The van der Waals surface area contributed by atoms with Crippen LogP contribution < -0.4 is 0 Å². The molecule has 1 fully saturated rings. The Balaban J connectivity index is 1.83. The second-order valence-corrected chi connectivity index (χ2v) is 5.38. The molecule has 0 N–H and O–H groups in total. The highest BCUT2D eigenvalue weighted by Gasteiger charge is 2.36. The molecule has 1 aromatic carbocycles. The molecule has 1 amide bonds. The number of hydrogen-bond donors (Lipinski definition) is 0. The number of amides is 1. The molecule has 3 rings (SSSR count). The summed E-state index contributed by atoms with van der Waals surface area (Å²) in [5.41, 5.74) is 2.60. The summed E-state index contributed by atoms with van der Waals surface area (Å²) < 4.78 is 0. The predicted octanol–water partition coefficient (Wildman–Crippen LogP) is 3.14. The molecule has 0 saturated heterocycles. The van der Waals surface area contributed by atoms with Crippen molar-refractivity contribution in [3.05, 3.63) is 47.5 Å². The van der Waals surface area contributed by atoms with Gasteiger partial charge in [-0.2, -0.15) is 0 Å². The lowest BCUT2D eigenvalue weighted by molar-refractivity contribution is -0.136. The number of carbonyl (C=O) groups excluding carboxylic acids is 1. The van der Waals surface area contributed by atoms with Crippen molar-refractivity contribution in [3.63, 3.8) is 0 Å². The predicted molar refractivity (Wildman–Crippen MR) is 71.9 cm³/mol. The lowest BCUT2D eigenvalue weighted by atomic mass is 9.93. The van der Waals surface area contributed by atoms with Crippen LogP contribution in [0.15, 0.2) is 42.0 Å². The summed E-state index contributed by atoms with van der Waals surface area (Å²) >= 11 is 0. The number of fused-ring (bicyclic) bond motifs is 1. The van der Waals surface area contributed by atoms with Crippen molar-refractivity contribution in [1.29, 1.82) is 0 Å². The number of nitrogens with zero attached hydrogens (tertiary/aromatic N) is 1. The molecule has 0 bridgehead atoms. The van der Waals surface area contributed by atoms with Crippen molar-refractivity contribution in [1.82, 2.24) is 4.90 Å². The molecule has 0 radical (unpaired) electrons. The average molecular weight is 241 g/mol. The van der Waals surface area contributed by atoms with Gasteiger partial charge in [0.2, 0.25) is 5.91 Å². The standard InChI is InChI=1S/C16H19NO/c1-12-10-14-8-5-9-15(14)16(18)17(12)11-13-6-3-2-4-7-13/h2-4,6-7,10,12,15H,5,8-9,11H2,1H3/t12-,15?/m0/s1. The Bertz CT molecular complexity index is 477. The van der Waals surface area contributed by atoms with Gasteiger partial charge in [0.1, 0.15) is 0 Å². The molecule has 1 unspecified atom stereocenters. The minimum atomic E-state index is 0.185. The Morgan fingerprint density at radius 3 is 2.83 bits per heavy atom. The van der Waals surface area contributed by atoms with Crippen LogP contribution in [-0.2, 0) is 11.3 Å². The first kappa shape index (κ1) is 11.5. The van der Waals surface area contributed by atoms with Crippen molar-refractivity contribution in [2.45, 2.75) is 38.8 Å². The summed E-state index contributed by atoms with van der Waals surface area (Å²) in [5.74, 6) is 0.520. The van der Waals surface area contributed by atoms with Crippen LogP contribution in [-0.4, -0.2) is 16.8 Å². The van der Waals surface area contributed by atoms with Gasteiger partial charge in [0.25, 0.3) is 0 Å². The average Bonchev–Trinajstić information content (AvgIpc) is 2.84. The van der Waals surface area contributed by atoms with Crippen LogP contribution in [0.2, 0.25) is 0 Å². The molecular formula is C16H19NO. The largest absolute Gasteiger partial charge is 0.332 e. The summed E-state index contributed by atoms with van der Waals surface area (Å²) in [4.78, 5) is 14.5. The summed E-state index contributed by atoms with van der Waals surface area (Å²) in [6, 6.07) is 10.5. The van der Waals surface area contributed by atoms with Gasteiger partial charge in [-0.05, 0) is 31.7 Å². The molecule has 0 aromatic heterocycles. The van der Waals surface area contributed by atoms with E-state index in [4.69, 9.17) is 0 Å². The molecule has 18 heavy (non-hydrogen) atoms. The Morgan fingerprint density at radius 2 is 2.06 bits per heavy atom. The first-order valence-electron chi connectivity index (χ1n) is 6.80. The van der Waals surface area contributed by atoms with E-state index in [0.717, 1.165) is 19.4 Å². The summed E-state index contributed by atoms with van der Waals surface area (Å²) in [6.45, 7) is 2.86. The molecule has 0 spiro atoms. The van der Waals surface area contributed by atoms with Crippen LogP contribution in [0, 0.1) is 5.92 Å². The first-order valence-corrected chi connectivity index (χ1v) is 6.80. The zero-order valence-electron chi connectivity index (χ0n) is 10.8. The van der Waals surface area contributed by atoms with Crippen molar-refractivity contribution < 1.29 is 4.79 Å². The molecule has 1 aliphatic heterocycles. The third-order valence-electron chi connectivity index (χ3n) is 4.13. The lowest BCUT2D eigenvalue weighted by Gasteiger charge is -2.35. The molecule has 1 aliphatic carbocycles. The number of carbonyl (C=O) groups is 1. The van der Waals surface area contributed by atoms with Gasteiger partial charge >= 0.3 is 0 Å². The second-order valence-electron chi connectivity index (χ2n) is 5.38. The number of benzene rings is 1. The lowest BCUT2D eigenvalue weighted by Crippen LogP contribution is -2.44. The third kappa shape index (κ3) is 1.96. The van der Waals surface area contributed by atoms with E-state index in [1.807, 2.05) is 23.1 Å². The molecule has 2 atom stereocenters. The minimum absolute atomic E-state index is 0.185. The van der Waals surface area contributed by atoms with Crippen LogP contribution in [0.1, 0.15) is 31.7 Å². The molecular weight excluding hydrogens is 222 g/mol. The van der Waals surface area contributed by atoms with Gasteiger partial charge in [-0.3, -0.25) is 4.79 Å². The van der Waals surface area contributed by atoms with Gasteiger partial charge in [-0.15, -0.1) is 0 Å². The molecule has 1 saturated carbocycles. The fourth-order valence-electron chi connectivity index (χ4n) is 3.15. The minimum Gasteiger partial charge on any atom is -0.332 e. The maximum Gasteiger partial charge on any atom is 0.230 e. The van der Waals surface area contributed by atoms with E-state index >= 15 is 0 Å². The Hall–Kier alpha value is -1.57. The molecule has 2 heteroatoms. The van der Waals surface area contributed by atoms with Gasteiger partial charge in [0.05, 0.1) is 5.92 Å². The maximum atomic E-state index is 12.5. The Morgan fingerprint density at radius 1 is 1.28 bits per heavy atom. The zero-order chi connectivity index (χ0) is 12.5. The second kappa shape index (κ2) is 4.60. The number of rotatable bonds is 2. The van der Waals surface area contributed by atoms with Crippen LogP contribution in [0.25, 0.3) is 0 Å². The summed E-state index contributed by atoms with van der Waals surface area (Å²) in [5, 5.41) is 0. The highest BCUT2D eigenvalue weighted by molar-refractivity contribution is 5.84. The zero-order valence-corrected chi connectivity index (χ0v) is 10.8. The third-order valence-corrected chi connectivity index (χ3v) is 4.13. The first-order chi connectivity index (χ1) is 8.75. The van der Waals surface area contributed by atoms with Crippen LogP contribution in [0.4, 0.5) is 0 Å². The molecule has 2 aliphatic rings. The fourth-order valence-corrected chi connectivity index (χ4v) is 3.15. The summed E-state index contributed by atoms with van der Waals surface area (Å²) in [6.07, 6.45) is 5.65. The maximum absolute atomic E-state index is 12.5. The van der Waals surface area contributed by atoms with Crippen LogP contribution in [0.5, 0.6) is 0 Å². The summed E-state index contributed by atoms with van der Waals surface area (Å²) in [7, 11) is 0. The van der Waals surface area contributed by atoms with E-state index in [2.05, 4.69) is 25.1 Å². The normalized spacial score (nSPS) is 27.1. The van der Waals surface area contributed by atoms with E-state index < -0.39 is 0 Å². The highest BCUT2D eigenvalue weighted by Crippen LogP contribution is 2.37. The van der Waals surface area contributed by atoms with Crippen molar-refractivity contribution >= 4 is 5.91 Å². The fraction of sp³-hybridized carbons (Fsp3) is 0.438. The van der Waals surface area contributed by atoms with E-state index in [9.17, 15) is 4.79 Å². The van der Waals surface area contributed by atoms with E-state index in [0.29, 0.717) is 5.91 Å². The van der Waals surface area contributed by atoms with Crippen LogP contribution >= 0.6 is 0 Å². The number of hydrogen-bond acceptors (Lipinski definition) is 1. The topological polar surface area (TPSA) is 20.3 Å². The van der Waals surface area contributed by atoms with Crippen molar-refractivity contribution in [2.75, 3.05) is 0 Å². The Kier molecular flexibility index (Phi) is 2.94. The van der Waals surface area contributed by atoms with E-state index in [-0.39, 0.29) is 12.0 Å².